The minimum atomic E-state index is -3.73. The molecule has 0 bridgehead atoms. The van der Waals surface area contributed by atoms with Crippen LogP contribution in [-0.2, 0) is 25.3 Å². The highest BCUT2D eigenvalue weighted by molar-refractivity contribution is 7.92. The van der Waals surface area contributed by atoms with Gasteiger partial charge in [0.1, 0.15) is 23.1 Å². The Bertz CT molecular complexity index is 2640. The lowest BCUT2D eigenvalue weighted by Gasteiger charge is -2.29. The number of primary amides is 1. The lowest BCUT2D eigenvalue weighted by atomic mass is 9.86. The number of aromatic nitrogens is 1. The predicted octanol–water partition coefficient (Wildman–Crippen LogP) is 6.13. The monoisotopic (exact) mass is 859 g/mol. The number of benzene rings is 4. The van der Waals surface area contributed by atoms with Gasteiger partial charge in [-0.05, 0) is 53.4 Å². The van der Waals surface area contributed by atoms with Gasteiger partial charge in [0.05, 0.1) is 49.0 Å². The second kappa shape index (κ2) is 17.6. The molecule has 1 saturated heterocycles. The van der Waals surface area contributed by atoms with Crippen LogP contribution >= 0.6 is 0 Å². The van der Waals surface area contributed by atoms with Gasteiger partial charge in [-0.1, -0.05) is 45.0 Å². The summed E-state index contributed by atoms with van der Waals surface area (Å²) in [5, 5.41) is 7.37. The maximum atomic E-state index is 13.4. The number of urea groups is 1. The number of rotatable bonds is 14. The van der Waals surface area contributed by atoms with Crippen molar-refractivity contribution in [3.8, 4) is 23.0 Å². The van der Waals surface area contributed by atoms with Crippen molar-refractivity contribution < 1.29 is 40.6 Å². The Balaban J connectivity index is 1.26. The van der Waals surface area contributed by atoms with E-state index in [0.29, 0.717) is 77.0 Å². The number of hydrogen-bond acceptors (Lipinski definition) is 12. The van der Waals surface area contributed by atoms with E-state index in [4.69, 9.17) is 19.9 Å². The van der Waals surface area contributed by atoms with E-state index in [1.807, 2.05) is 49.9 Å². The fraction of sp³-hybridized carbons (Fsp3) is 0.310. The van der Waals surface area contributed by atoms with E-state index in [2.05, 4.69) is 20.3 Å². The molecule has 0 spiro atoms. The van der Waals surface area contributed by atoms with Crippen molar-refractivity contribution in [1.29, 1.82) is 0 Å². The number of nitrogens with two attached hydrogens (primary N) is 1. The van der Waals surface area contributed by atoms with Crippen molar-refractivity contribution >= 4 is 71.1 Å². The average Bonchev–Trinajstić information content (AvgIpc) is 3.18. The summed E-state index contributed by atoms with van der Waals surface area (Å²) >= 11 is 0. The minimum Gasteiger partial charge on any atom is -0.497 e. The van der Waals surface area contributed by atoms with E-state index in [1.54, 1.807) is 60.8 Å². The smallest absolute Gasteiger partial charge is 0.324 e. The normalized spacial score (nSPS) is 14.2. The second-order valence-corrected chi connectivity index (χ2v) is 19.4. The molecule has 16 nitrogen and oxygen atoms in total. The van der Waals surface area contributed by atoms with Crippen LogP contribution in [0, 0.1) is 0 Å². The first kappa shape index (κ1) is 43.5. The number of amides is 3. The molecule has 5 aromatic rings. The summed E-state index contributed by atoms with van der Waals surface area (Å²) in [5.41, 5.74) is 8.04. The molecule has 0 unspecified atom stereocenters. The highest BCUT2D eigenvalue weighted by Gasteiger charge is 2.28. The van der Waals surface area contributed by atoms with Gasteiger partial charge in [0.15, 0.2) is 15.6 Å². The number of nitrogens with one attached hydrogen (secondary N) is 3. The molecule has 0 atom stereocenters. The van der Waals surface area contributed by atoms with Crippen molar-refractivity contribution in [3.63, 3.8) is 0 Å². The quantitative estimate of drug-likeness (QED) is 0.0993. The van der Waals surface area contributed by atoms with E-state index < -0.39 is 31.3 Å². The van der Waals surface area contributed by atoms with Crippen molar-refractivity contribution in [3.05, 3.63) is 96.2 Å². The molecule has 4 aromatic carbocycles. The van der Waals surface area contributed by atoms with Crippen LogP contribution in [0.4, 0.5) is 33.4 Å². The third-order valence-electron chi connectivity index (χ3n) is 9.78. The number of fused-ring (bicyclic) bond motifs is 1. The predicted molar refractivity (Wildman–Crippen MR) is 234 cm³/mol. The van der Waals surface area contributed by atoms with Crippen LogP contribution in [0.1, 0.15) is 36.7 Å². The Morgan fingerprint density at radius 3 is 2.27 bits per heavy atom. The molecule has 6 rings (SSSR count). The Morgan fingerprint density at radius 2 is 1.62 bits per heavy atom. The Labute approximate surface area is 350 Å². The minimum absolute atomic E-state index is 0.103. The number of carbonyl (C=O) groups excluding carboxylic acids is 2. The van der Waals surface area contributed by atoms with Crippen LogP contribution in [0.2, 0.25) is 0 Å². The molecular weight excluding hydrogens is 811 g/mol. The van der Waals surface area contributed by atoms with Crippen LogP contribution in [0.15, 0.2) is 85.1 Å². The zero-order valence-electron chi connectivity index (χ0n) is 34.2. The molecule has 3 amide bonds. The summed E-state index contributed by atoms with van der Waals surface area (Å²) in [7, 11) is -3.84. The fourth-order valence-electron chi connectivity index (χ4n) is 6.75. The summed E-state index contributed by atoms with van der Waals surface area (Å²) in [6, 6.07) is 21.7. The third-order valence-corrected chi connectivity index (χ3v) is 12.0. The Kier molecular flexibility index (Phi) is 12.8. The van der Waals surface area contributed by atoms with Crippen LogP contribution in [0.3, 0.4) is 0 Å². The van der Waals surface area contributed by atoms with Crippen LogP contribution in [-0.4, -0.2) is 96.8 Å². The van der Waals surface area contributed by atoms with Gasteiger partial charge in [-0.3, -0.25) is 19.3 Å². The Morgan fingerprint density at radius 1 is 0.900 bits per heavy atom. The number of sulfone groups is 1. The summed E-state index contributed by atoms with van der Waals surface area (Å²) in [5.74, 6) is 1.76. The number of nitrogens with zero attached hydrogens (tertiary/aromatic N) is 3. The fourth-order valence-corrected chi connectivity index (χ4v) is 8.58. The number of carbonyl (C=O) groups is 2. The van der Waals surface area contributed by atoms with Gasteiger partial charge >= 0.3 is 6.03 Å². The van der Waals surface area contributed by atoms with E-state index in [-0.39, 0.29) is 34.5 Å². The topological polar surface area (TPSA) is 212 Å². The molecule has 1 aromatic heterocycles. The highest BCUT2D eigenvalue weighted by Crippen LogP contribution is 2.46. The summed E-state index contributed by atoms with van der Waals surface area (Å²) in [4.78, 5) is 34.3. The van der Waals surface area contributed by atoms with Gasteiger partial charge < -0.3 is 30.6 Å². The highest BCUT2D eigenvalue weighted by atomic mass is 32.2. The molecule has 1 fully saturated rings. The maximum absolute atomic E-state index is 13.4. The molecule has 18 heteroatoms. The molecule has 0 radical (unpaired) electrons. The number of methoxy groups -OCH3 is 2. The van der Waals surface area contributed by atoms with Crippen molar-refractivity contribution in [2.24, 2.45) is 5.73 Å². The zero-order chi connectivity index (χ0) is 43.4. The number of hydrogen-bond donors (Lipinski definition) is 4. The molecule has 60 heavy (non-hydrogen) atoms. The van der Waals surface area contributed by atoms with Gasteiger partial charge in [-0.15, -0.1) is 0 Å². The third kappa shape index (κ3) is 10.5. The van der Waals surface area contributed by atoms with Crippen molar-refractivity contribution in [1.82, 2.24) is 15.2 Å². The first-order valence-electron chi connectivity index (χ1n) is 19.0. The van der Waals surface area contributed by atoms with Gasteiger partial charge in [0, 0.05) is 66.5 Å². The van der Waals surface area contributed by atoms with Gasteiger partial charge in [-0.25, -0.2) is 26.6 Å². The standard InChI is InChI=1S/C42H49N7O9S2/c1-42(2,3)28-23-34(47-59(6,52)53)39(57-5)36(24-28)49(41(43)51)35-11-12-37(33-10-8-7-9-32(33)35)58-30-13-14-44-38(26-30)46-29-21-27(22-31(25-29)56-4)40(50)45-15-16-48-17-19-60(54,55)20-18-48/h7-14,21-26,47H,15-20H2,1-6H3,(H2,43,51)(H,44,46)(H,45,50). The molecule has 2 heterocycles. The summed E-state index contributed by atoms with van der Waals surface area (Å²) in [6.07, 6.45) is 2.60. The average molecular weight is 860 g/mol. The van der Waals surface area contributed by atoms with Gasteiger partial charge in [0.25, 0.3) is 5.91 Å². The molecule has 5 N–H and O–H groups in total. The lowest BCUT2D eigenvalue weighted by molar-refractivity contribution is 0.0948. The summed E-state index contributed by atoms with van der Waals surface area (Å²) < 4.78 is 68.5. The van der Waals surface area contributed by atoms with Crippen LogP contribution < -0.4 is 40.2 Å². The largest absolute Gasteiger partial charge is 0.497 e. The van der Waals surface area contributed by atoms with E-state index >= 15 is 0 Å². The number of ether oxygens (including phenoxy) is 3. The van der Waals surface area contributed by atoms with Crippen molar-refractivity contribution in [2.45, 2.75) is 26.2 Å². The first-order chi connectivity index (χ1) is 28.3. The number of sulfonamides is 1. The number of pyridine rings is 1. The van der Waals surface area contributed by atoms with E-state index in [9.17, 15) is 26.4 Å². The Hall–Kier alpha value is -6.11. The molecule has 1 aliphatic rings. The molecule has 318 valence electrons. The summed E-state index contributed by atoms with van der Waals surface area (Å²) in [6.45, 7) is 7.64. The SMILES string of the molecule is COc1cc(Nc2cc(Oc3ccc(N(C(N)=O)c4cc(C(C)(C)C)cc(NS(C)(=O)=O)c4OC)c4ccccc34)ccn2)cc(C(=O)NCCN2CCS(=O)(=O)CC2)c1. The lowest BCUT2D eigenvalue weighted by Crippen LogP contribution is -2.43. The van der Waals surface area contributed by atoms with Gasteiger partial charge in [0.2, 0.25) is 10.0 Å². The first-order valence-corrected chi connectivity index (χ1v) is 22.7. The zero-order valence-corrected chi connectivity index (χ0v) is 35.9. The van der Waals surface area contributed by atoms with E-state index in [1.165, 1.54) is 19.1 Å². The van der Waals surface area contributed by atoms with Crippen molar-refractivity contribution in [2.75, 3.05) is 73.1 Å². The van der Waals surface area contributed by atoms with E-state index in [0.717, 1.165) is 11.8 Å². The van der Waals surface area contributed by atoms with Gasteiger partial charge in [-0.2, -0.15) is 0 Å². The molecular formula is C42H49N7O9S2. The number of anilines is 5. The van der Waals surface area contributed by atoms with Crippen LogP contribution in [0.25, 0.3) is 10.8 Å². The second-order valence-electron chi connectivity index (χ2n) is 15.3. The maximum Gasteiger partial charge on any atom is 0.324 e. The molecule has 0 aliphatic carbocycles. The molecule has 1 aliphatic heterocycles. The molecule has 0 saturated carbocycles. The van der Waals surface area contributed by atoms with Crippen LogP contribution in [0.5, 0.6) is 23.0 Å².